The Labute approximate surface area is 457 Å². The van der Waals surface area contributed by atoms with Gasteiger partial charge in [-0.3, -0.25) is 14.4 Å². The van der Waals surface area contributed by atoms with Crippen LogP contribution in [0.2, 0.25) is 0 Å². The number of hydrogen-bond donors (Lipinski definition) is 0. The summed E-state index contributed by atoms with van der Waals surface area (Å²) >= 11 is 0. The van der Waals surface area contributed by atoms with Crippen LogP contribution in [0.4, 0.5) is 0 Å². The van der Waals surface area contributed by atoms with Crippen LogP contribution in [0.25, 0.3) is 0 Å². The zero-order chi connectivity index (χ0) is 53.6. The number of unbranched alkanes of at least 4 members (excludes halogenated alkanes) is 29. The lowest BCUT2D eigenvalue weighted by atomic mass is 10.0. The van der Waals surface area contributed by atoms with Crippen molar-refractivity contribution >= 4 is 17.9 Å². The van der Waals surface area contributed by atoms with Crippen LogP contribution in [-0.4, -0.2) is 37.2 Å². The summed E-state index contributed by atoms with van der Waals surface area (Å²) in [6.07, 6.45) is 83.1. The van der Waals surface area contributed by atoms with Crippen molar-refractivity contribution in [2.24, 2.45) is 0 Å². The second-order valence-electron chi connectivity index (χ2n) is 20.6. The third-order valence-corrected chi connectivity index (χ3v) is 13.3. The lowest BCUT2D eigenvalue weighted by Gasteiger charge is -2.18. The number of allylic oxidation sites excluding steroid dienone is 16. The minimum absolute atomic E-state index is 0.0895. The van der Waals surface area contributed by atoms with Crippen LogP contribution in [0.5, 0.6) is 0 Å². The zero-order valence-corrected chi connectivity index (χ0v) is 48.6. The second kappa shape index (κ2) is 61.9. The minimum Gasteiger partial charge on any atom is -0.462 e. The van der Waals surface area contributed by atoms with E-state index in [2.05, 4.69) is 118 Å². The van der Waals surface area contributed by atoms with Crippen molar-refractivity contribution in [2.75, 3.05) is 13.2 Å². The molecule has 424 valence electrons. The highest BCUT2D eigenvalue weighted by molar-refractivity contribution is 5.71. The van der Waals surface area contributed by atoms with Gasteiger partial charge >= 0.3 is 17.9 Å². The molecule has 0 aromatic rings. The maximum Gasteiger partial charge on any atom is 0.306 e. The molecule has 0 aromatic heterocycles. The van der Waals surface area contributed by atoms with Crippen LogP contribution in [-0.2, 0) is 28.6 Å². The first-order valence-corrected chi connectivity index (χ1v) is 31.2. The molecule has 0 aliphatic rings. The molecule has 0 N–H and O–H groups in total. The van der Waals surface area contributed by atoms with Crippen molar-refractivity contribution < 1.29 is 28.6 Å². The predicted molar refractivity (Wildman–Crippen MR) is 320 cm³/mol. The molecule has 74 heavy (non-hydrogen) atoms. The van der Waals surface area contributed by atoms with Gasteiger partial charge in [0.15, 0.2) is 6.10 Å². The molecule has 0 aliphatic carbocycles. The van der Waals surface area contributed by atoms with Gasteiger partial charge in [-0.2, -0.15) is 0 Å². The largest absolute Gasteiger partial charge is 0.462 e. The fourth-order valence-corrected chi connectivity index (χ4v) is 8.65. The van der Waals surface area contributed by atoms with Crippen LogP contribution in [0.3, 0.4) is 0 Å². The SMILES string of the molecule is CC/C=C\C/C=C\C/C=C\C/C=C\C/C=C\CCCCCC(=O)OC(COC(=O)CCCCCCCC)COC(=O)CCCCCCCCCCCCCCCCCC/C=C\C/C=C\C/C=C\CCCCCCC. The van der Waals surface area contributed by atoms with Crippen LogP contribution in [0, 0.1) is 0 Å². The third kappa shape index (κ3) is 59.2. The highest BCUT2D eigenvalue weighted by Crippen LogP contribution is 2.16. The lowest BCUT2D eigenvalue weighted by molar-refractivity contribution is -0.167. The minimum atomic E-state index is -0.792. The molecule has 0 rings (SSSR count). The Hall–Kier alpha value is -3.67. The summed E-state index contributed by atoms with van der Waals surface area (Å²) in [7, 11) is 0. The van der Waals surface area contributed by atoms with Crippen LogP contribution >= 0.6 is 0 Å². The highest BCUT2D eigenvalue weighted by Gasteiger charge is 2.19. The topological polar surface area (TPSA) is 78.9 Å². The summed E-state index contributed by atoms with van der Waals surface area (Å²) in [6, 6.07) is 0. The molecule has 0 bridgehead atoms. The molecule has 0 saturated carbocycles. The van der Waals surface area contributed by atoms with E-state index in [9.17, 15) is 14.4 Å². The summed E-state index contributed by atoms with van der Waals surface area (Å²) in [6.45, 7) is 6.44. The van der Waals surface area contributed by atoms with Gasteiger partial charge in [-0.1, -0.05) is 272 Å². The Bertz CT molecular complexity index is 1460. The van der Waals surface area contributed by atoms with E-state index in [1.165, 1.54) is 148 Å². The summed E-state index contributed by atoms with van der Waals surface area (Å²) < 4.78 is 16.8. The fraction of sp³-hybridized carbons (Fsp3) is 0.721. The number of hydrogen-bond acceptors (Lipinski definition) is 6. The average Bonchev–Trinajstić information content (AvgIpc) is 3.40. The molecule has 6 heteroatoms. The maximum absolute atomic E-state index is 12.8. The molecule has 0 aromatic carbocycles. The van der Waals surface area contributed by atoms with Gasteiger partial charge < -0.3 is 14.2 Å². The number of carbonyl (C=O) groups excluding carboxylic acids is 3. The number of rotatable bonds is 56. The average molecular weight is 1030 g/mol. The normalized spacial score (nSPS) is 12.7. The van der Waals surface area contributed by atoms with Gasteiger partial charge in [0.25, 0.3) is 0 Å². The van der Waals surface area contributed by atoms with E-state index in [1.807, 2.05) is 0 Å². The van der Waals surface area contributed by atoms with Gasteiger partial charge in [0, 0.05) is 19.3 Å². The van der Waals surface area contributed by atoms with E-state index in [0.717, 1.165) is 109 Å². The first-order chi connectivity index (χ1) is 36.5. The molecule has 1 atom stereocenters. The third-order valence-electron chi connectivity index (χ3n) is 13.3. The van der Waals surface area contributed by atoms with Crippen molar-refractivity contribution in [3.8, 4) is 0 Å². The van der Waals surface area contributed by atoms with Crippen molar-refractivity contribution in [3.63, 3.8) is 0 Å². The molecule has 0 amide bonds. The van der Waals surface area contributed by atoms with Gasteiger partial charge in [-0.05, 0) is 103 Å². The maximum atomic E-state index is 12.8. The zero-order valence-electron chi connectivity index (χ0n) is 48.6. The number of carbonyl (C=O) groups is 3. The Kier molecular flexibility index (Phi) is 58.8. The Morgan fingerprint density at radius 3 is 0.838 bits per heavy atom. The first-order valence-electron chi connectivity index (χ1n) is 31.2. The quantitative estimate of drug-likeness (QED) is 0.0261. The van der Waals surface area contributed by atoms with E-state index in [-0.39, 0.29) is 37.5 Å². The Morgan fingerprint density at radius 1 is 0.284 bits per heavy atom. The Balaban J connectivity index is 4.08. The second-order valence-corrected chi connectivity index (χ2v) is 20.6. The van der Waals surface area contributed by atoms with Crippen LogP contribution < -0.4 is 0 Å². The predicted octanol–water partition coefficient (Wildman–Crippen LogP) is 21.3. The van der Waals surface area contributed by atoms with Crippen LogP contribution in [0.1, 0.15) is 297 Å². The molecule has 0 radical (unpaired) electrons. The molecular weight excluding hydrogens is 913 g/mol. The van der Waals surface area contributed by atoms with Gasteiger partial charge in [0.1, 0.15) is 13.2 Å². The van der Waals surface area contributed by atoms with E-state index < -0.39 is 6.10 Å². The molecule has 1 unspecified atom stereocenters. The van der Waals surface area contributed by atoms with Gasteiger partial charge in [-0.15, -0.1) is 0 Å². The number of ether oxygens (including phenoxy) is 3. The monoisotopic (exact) mass is 1030 g/mol. The smallest absolute Gasteiger partial charge is 0.306 e. The van der Waals surface area contributed by atoms with Crippen LogP contribution in [0.15, 0.2) is 97.2 Å². The van der Waals surface area contributed by atoms with Gasteiger partial charge in [-0.25, -0.2) is 0 Å². The van der Waals surface area contributed by atoms with Crippen molar-refractivity contribution in [2.45, 2.75) is 303 Å². The van der Waals surface area contributed by atoms with Crippen molar-refractivity contribution in [1.82, 2.24) is 0 Å². The molecular formula is C68H116O6. The molecule has 6 nitrogen and oxygen atoms in total. The van der Waals surface area contributed by atoms with E-state index in [4.69, 9.17) is 14.2 Å². The molecule has 0 aliphatic heterocycles. The molecule has 0 saturated heterocycles. The molecule has 0 heterocycles. The first kappa shape index (κ1) is 70.3. The van der Waals surface area contributed by atoms with Gasteiger partial charge in [0.2, 0.25) is 0 Å². The lowest BCUT2D eigenvalue weighted by Crippen LogP contribution is -2.30. The summed E-state index contributed by atoms with van der Waals surface area (Å²) in [5, 5.41) is 0. The van der Waals surface area contributed by atoms with E-state index in [0.29, 0.717) is 12.8 Å². The van der Waals surface area contributed by atoms with E-state index >= 15 is 0 Å². The summed E-state index contributed by atoms with van der Waals surface area (Å²) in [5.41, 5.74) is 0. The summed E-state index contributed by atoms with van der Waals surface area (Å²) in [4.78, 5) is 37.9. The summed E-state index contributed by atoms with van der Waals surface area (Å²) in [5.74, 6) is -0.927. The van der Waals surface area contributed by atoms with Crippen molar-refractivity contribution in [3.05, 3.63) is 97.2 Å². The van der Waals surface area contributed by atoms with Crippen molar-refractivity contribution in [1.29, 1.82) is 0 Å². The Morgan fingerprint density at radius 2 is 0.527 bits per heavy atom. The van der Waals surface area contributed by atoms with Gasteiger partial charge in [0.05, 0.1) is 0 Å². The number of esters is 3. The molecule has 0 spiro atoms. The standard InChI is InChI=1S/C68H116O6/c1-4-7-10-13-16-18-20-22-24-26-28-29-30-31-32-33-34-35-36-37-38-39-41-42-44-46-48-50-52-55-58-61-67(70)73-64-65(63-72-66(69)60-57-54-15-12-9-6-3)74-68(71)62-59-56-53-51-49-47-45-43-40-27-25-23-21-19-17-14-11-8-5-2/h8,11,17,19-20,22-23,25-26,28,30-31,40,43,47,49,65H,4-7,9-10,12-16,18,21,24,27,29,32-39,41-42,44-46,48,50-64H2,1-3H3/b11-8-,19-17-,22-20-,25-23-,28-26-,31-30-,43-40-,49-47-. The van der Waals surface area contributed by atoms with E-state index in [1.54, 1.807) is 0 Å². The fourth-order valence-electron chi connectivity index (χ4n) is 8.65. The molecule has 0 fully saturated rings. The highest BCUT2D eigenvalue weighted by atomic mass is 16.6.